The molecular formula is C17H27N3O. The molecule has 1 amide bonds. The van der Waals surface area contributed by atoms with Crippen LogP contribution >= 0.6 is 0 Å². The number of carbonyl (C=O) groups is 1. The maximum absolute atomic E-state index is 12.1. The lowest BCUT2D eigenvalue weighted by Gasteiger charge is -2.27. The Kier molecular flexibility index (Phi) is 5.23. The van der Waals surface area contributed by atoms with E-state index in [-0.39, 0.29) is 5.91 Å². The Morgan fingerprint density at radius 2 is 2.24 bits per heavy atom. The smallest absolute Gasteiger partial charge is 0.225 e. The summed E-state index contributed by atoms with van der Waals surface area (Å²) in [5.74, 6) is 0.727. The van der Waals surface area contributed by atoms with E-state index in [4.69, 9.17) is 5.73 Å². The van der Waals surface area contributed by atoms with Crippen molar-refractivity contribution in [3.8, 4) is 0 Å². The van der Waals surface area contributed by atoms with Crippen LogP contribution in [0.2, 0.25) is 0 Å². The second-order valence-corrected chi connectivity index (χ2v) is 6.36. The number of nitrogen functional groups attached to an aromatic ring is 1. The molecule has 1 unspecified atom stereocenters. The van der Waals surface area contributed by atoms with Crippen LogP contribution < -0.4 is 11.1 Å². The molecule has 1 aromatic carbocycles. The van der Waals surface area contributed by atoms with Gasteiger partial charge in [0, 0.05) is 30.4 Å². The lowest BCUT2D eigenvalue weighted by atomic mass is 10.0. The van der Waals surface area contributed by atoms with Gasteiger partial charge in [0.25, 0.3) is 0 Å². The van der Waals surface area contributed by atoms with Gasteiger partial charge in [-0.05, 0) is 49.9 Å². The van der Waals surface area contributed by atoms with Crippen molar-refractivity contribution in [2.24, 2.45) is 5.92 Å². The third kappa shape index (κ3) is 4.21. The van der Waals surface area contributed by atoms with Crippen molar-refractivity contribution in [2.75, 3.05) is 24.1 Å². The summed E-state index contributed by atoms with van der Waals surface area (Å²) in [5.41, 5.74) is 8.31. The number of nitrogens with two attached hydrogens (primary N) is 1. The zero-order chi connectivity index (χ0) is 15.4. The first-order valence-electron chi connectivity index (χ1n) is 7.87. The Hall–Kier alpha value is -1.55. The van der Waals surface area contributed by atoms with Gasteiger partial charge in [-0.25, -0.2) is 0 Å². The van der Waals surface area contributed by atoms with Crippen molar-refractivity contribution < 1.29 is 4.79 Å². The lowest BCUT2D eigenvalue weighted by molar-refractivity contribution is -0.116. The van der Waals surface area contributed by atoms with Gasteiger partial charge in [0.15, 0.2) is 0 Å². The molecule has 116 valence electrons. The maximum Gasteiger partial charge on any atom is 0.225 e. The van der Waals surface area contributed by atoms with Gasteiger partial charge in [0.05, 0.1) is 0 Å². The SMILES string of the molecule is Cc1ccc(N)cc1NC(=O)CCN1CCCC1C(C)C. The van der Waals surface area contributed by atoms with Crippen LogP contribution in [0.1, 0.15) is 38.7 Å². The van der Waals surface area contributed by atoms with Crippen molar-refractivity contribution in [3.05, 3.63) is 23.8 Å². The van der Waals surface area contributed by atoms with E-state index in [0.29, 0.717) is 24.1 Å². The zero-order valence-electron chi connectivity index (χ0n) is 13.4. The molecule has 0 aliphatic carbocycles. The topological polar surface area (TPSA) is 58.4 Å². The lowest BCUT2D eigenvalue weighted by Crippen LogP contribution is -2.35. The molecule has 0 saturated carbocycles. The number of carbonyl (C=O) groups excluding carboxylic acids is 1. The van der Waals surface area contributed by atoms with Crippen LogP contribution in [0.25, 0.3) is 0 Å². The Morgan fingerprint density at radius 1 is 1.48 bits per heavy atom. The highest BCUT2D eigenvalue weighted by molar-refractivity contribution is 5.92. The molecule has 1 atom stereocenters. The zero-order valence-corrected chi connectivity index (χ0v) is 13.4. The van der Waals surface area contributed by atoms with Crippen LogP contribution in [0.3, 0.4) is 0 Å². The number of nitrogens with zero attached hydrogens (tertiary/aromatic N) is 1. The molecule has 0 spiro atoms. The Bertz CT molecular complexity index is 499. The minimum Gasteiger partial charge on any atom is -0.399 e. The summed E-state index contributed by atoms with van der Waals surface area (Å²) in [6.07, 6.45) is 3.05. The minimum atomic E-state index is 0.0677. The molecule has 1 saturated heterocycles. The van der Waals surface area contributed by atoms with E-state index in [1.807, 2.05) is 25.1 Å². The largest absolute Gasteiger partial charge is 0.399 e. The summed E-state index contributed by atoms with van der Waals surface area (Å²) in [4.78, 5) is 14.6. The fourth-order valence-corrected chi connectivity index (χ4v) is 3.12. The molecule has 0 radical (unpaired) electrons. The molecule has 0 aromatic heterocycles. The number of hydrogen-bond donors (Lipinski definition) is 2. The van der Waals surface area contributed by atoms with Gasteiger partial charge in [0.2, 0.25) is 5.91 Å². The van der Waals surface area contributed by atoms with E-state index in [1.165, 1.54) is 12.8 Å². The van der Waals surface area contributed by atoms with Gasteiger partial charge in [-0.2, -0.15) is 0 Å². The molecule has 3 N–H and O–H groups in total. The van der Waals surface area contributed by atoms with Gasteiger partial charge in [0.1, 0.15) is 0 Å². The molecular weight excluding hydrogens is 262 g/mol. The molecule has 1 aliphatic rings. The van der Waals surface area contributed by atoms with Crippen molar-refractivity contribution in [2.45, 2.75) is 46.1 Å². The minimum absolute atomic E-state index is 0.0677. The van der Waals surface area contributed by atoms with E-state index in [0.717, 1.165) is 24.3 Å². The quantitative estimate of drug-likeness (QED) is 0.819. The fourth-order valence-electron chi connectivity index (χ4n) is 3.12. The molecule has 1 aromatic rings. The van der Waals surface area contributed by atoms with E-state index < -0.39 is 0 Å². The average Bonchev–Trinajstić information content (AvgIpc) is 2.89. The Balaban J connectivity index is 1.86. The van der Waals surface area contributed by atoms with Crippen LogP contribution in [-0.4, -0.2) is 29.9 Å². The molecule has 4 heteroatoms. The molecule has 2 rings (SSSR count). The maximum atomic E-state index is 12.1. The Labute approximate surface area is 127 Å². The summed E-state index contributed by atoms with van der Waals surface area (Å²) in [6.45, 7) is 8.46. The van der Waals surface area contributed by atoms with Crippen LogP contribution in [0.5, 0.6) is 0 Å². The predicted octanol–water partition coefficient (Wildman–Crippen LogP) is 3.03. The standard InChI is InChI=1S/C17H27N3O/c1-12(2)16-5-4-9-20(16)10-8-17(21)19-15-11-14(18)7-6-13(15)3/h6-7,11-12,16H,4-5,8-10,18H2,1-3H3,(H,19,21). The third-order valence-electron chi connectivity index (χ3n) is 4.35. The van der Waals surface area contributed by atoms with Crippen LogP contribution in [0.4, 0.5) is 11.4 Å². The first-order valence-corrected chi connectivity index (χ1v) is 7.87. The van der Waals surface area contributed by atoms with Crippen molar-refractivity contribution in [3.63, 3.8) is 0 Å². The van der Waals surface area contributed by atoms with Crippen molar-refractivity contribution in [1.29, 1.82) is 0 Å². The molecule has 1 aliphatic heterocycles. The van der Waals surface area contributed by atoms with Gasteiger partial charge in [-0.3, -0.25) is 9.69 Å². The number of benzene rings is 1. The molecule has 21 heavy (non-hydrogen) atoms. The number of anilines is 2. The van der Waals surface area contributed by atoms with Crippen molar-refractivity contribution >= 4 is 17.3 Å². The van der Waals surface area contributed by atoms with E-state index in [1.54, 1.807) is 0 Å². The second kappa shape index (κ2) is 6.94. The Morgan fingerprint density at radius 3 is 2.95 bits per heavy atom. The van der Waals surface area contributed by atoms with Gasteiger partial charge < -0.3 is 11.1 Å². The van der Waals surface area contributed by atoms with Gasteiger partial charge in [-0.1, -0.05) is 19.9 Å². The highest BCUT2D eigenvalue weighted by atomic mass is 16.1. The summed E-state index contributed by atoms with van der Waals surface area (Å²) in [5, 5.41) is 2.97. The number of rotatable bonds is 5. The number of amides is 1. The monoisotopic (exact) mass is 289 g/mol. The number of hydrogen-bond acceptors (Lipinski definition) is 3. The first kappa shape index (κ1) is 15.8. The molecule has 0 bridgehead atoms. The fraction of sp³-hybridized carbons (Fsp3) is 0.588. The predicted molar refractivity (Wildman–Crippen MR) is 88.3 cm³/mol. The normalized spacial score (nSPS) is 19.1. The number of aryl methyl sites for hydroxylation is 1. The summed E-state index contributed by atoms with van der Waals surface area (Å²) < 4.78 is 0. The summed E-state index contributed by atoms with van der Waals surface area (Å²) in [6, 6.07) is 6.23. The molecule has 1 heterocycles. The first-order chi connectivity index (χ1) is 9.97. The third-order valence-corrected chi connectivity index (χ3v) is 4.35. The number of likely N-dealkylation sites (tertiary alicyclic amines) is 1. The van der Waals surface area contributed by atoms with Crippen LogP contribution in [0, 0.1) is 12.8 Å². The summed E-state index contributed by atoms with van der Waals surface area (Å²) >= 11 is 0. The second-order valence-electron chi connectivity index (χ2n) is 6.36. The van der Waals surface area contributed by atoms with E-state index >= 15 is 0 Å². The van der Waals surface area contributed by atoms with E-state index in [2.05, 4.69) is 24.1 Å². The summed E-state index contributed by atoms with van der Waals surface area (Å²) in [7, 11) is 0. The van der Waals surface area contributed by atoms with Crippen LogP contribution in [0.15, 0.2) is 18.2 Å². The highest BCUT2D eigenvalue weighted by Crippen LogP contribution is 2.24. The molecule has 4 nitrogen and oxygen atoms in total. The number of nitrogens with one attached hydrogen (secondary N) is 1. The van der Waals surface area contributed by atoms with Gasteiger partial charge in [-0.15, -0.1) is 0 Å². The van der Waals surface area contributed by atoms with Crippen LogP contribution in [-0.2, 0) is 4.79 Å². The van der Waals surface area contributed by atoms with Crippen molar-refractivity contribution in [1.82, 2.24) is 4.90 Å². The average molecular weight is 289 g/mol. The van der Waals surface area contributed by atoms with E-state index in [9.17, 15) is 4.79 Å². The van der Waals surface area contributed by atoms with Gasteiger partial charge >= 0.3 is 0 Å². The molecule has 1 fully saturated rings. The highest BCUT2D eigenvalue weighted by Gasteiger charge is 2.26.